The molecule has 1 N–H and O–H groups in total. The van der Waals surface area contributed by atoms with Gasteiger partial charge in [0.2, 0.25) is 0 Å². The minimum atomic E-state index is -0.559. The van der Waals surface area contributed by atoms with Crippen molar-refractivity contribution < 1.29 is 9.84 Å². The van der Waals surface area contributed by atoms with Crippen LogP contribution < -0.4 is 0 Å². The molecule has 0 aromatic rings. The molecule has 4 aliphatic rings. The SMILES string of the molecule is COC(O)[C@H](C)C12CC3CC(CC(C3)C1)C2. The second-order valence-electron chi connectivity index (χ2n) is 6.69. The molecule has 0 radical (unpaired) electrons. The maximum atomic E-state index is 9.96. The van der Waals surface area contributed by atoms with E-state index in [0.717, 1.165) is 17.8 Å². The van der Waals surface area contributed by atoms with Gasteiger partial charge in [-0.3, -0.25) is 0 Å². The van der Waals surface area contributed by atoms with Crippen LogP contribution in [0.1, 0.15) is 45.4 Å². The van der Waals surface area contributed by atoms with Crippen molar-refractivity contribution in [3.8, 4) is 0 Å². The summed E-state index contributed by atoms with van der Waals surface area (Å²) >= 11 is 0. The van der Waals surface area contributed by atoms with Crippen molar-refractivity contribution in [2.75, 3.05) is 7.11 Å². The highest BCUT2D eigenvalue weighted by atomic mass is 16.6. The van der Waals surface area contributed by atoms with Crippen LogP contribution in [-0.4, -0.2) is 18.5 Å². The van der Waals surface area contributed by atoms with Crippen molar-refractivity contribution in [3.63, 3.8) is 0 Å². The lowest BCUT2D eigenvalue weighted by Crippen LogP contribution is -2.51. The lowest BCUT2D eigenvalue weighted by Gasteiger charge is -2.59. The maximum absolute atomic E-state index is 9.96. The Labute approximate surface area is 98.4 Å². The molecule has 0 aromatic heterocycles. The van der Waals surface area contributed by atoms with Crippen molar-refractivity contribution >= 4 is 0 Å². The van der Waals surface area contributed by atoms with Crippen LogP contribution in [-0.2, 0) is 4.74 Å². The third-order valence-corrected chi connectivity index (χ3v) is 5.72. The Kier molecular flexibility index (Phi) is 2.56. The van der Waals surface area contributed by atoms with E-state index in [9.17, 15) is 5.11 Å². The van der Waals surface area contributed by atoms with Gasteiger partial charge in [0, 0.05) is 13.0 Å². The molecule has 4 bridgehead atoms. The smallest absolute Gasteiger partial charge is 0.157 e. The zero-order valence-corrected chi connectivity index (χ0v) is 10.5. The fourth-order valence-corrected chi connectivity index (χ4v) is 5.24. The zero-order valence-electron chi connectivity index (χ0n) is 10.5. The van der Waals surface area contributed by atoms with E-state index in [2.05, 4.69) is 6.92 Å². The standard InChI is InChI=1S/C14H24O2/c1-9(13(15)16-2)14-6-10-3-11(7-14)5-12(4-10)8-14/h9-13,15H,3-8H2,1-2H3/t9-,10?,11?,12?,13?,14?/m0/s1. The topological polar surface area (TPSA) is 29.5 Å². The van der Waals surface area contributed by atoms with E-state index in [0.29, 0.717) is 11.3 Å². The van der Waals surface area contributed by atoms with Crippen molar-refractivity contribution in [3.05, 3.63) is 0 Å². The van der Waals surface area contributed by atoms with Crippen molar-refractivity contribution in [2.45, 2.75) is 51.7 Å². The summed E-state index contributed by atoms with van der Waals surface area (Å²) in [5.74, 6) is 3.18. The maximum Gasteiger partial charge on any atom is 0.157 e. The molecular formula is C14H24O2. The van der Waals surface area contributed by atoms with Crippen LogP contribution in [0.25, 0.3) is 0 Å². The zero-order chi connectivity index (χ0) is 11.3. The van der Waals surface area contributed by atoms with Gasteiger partial charge in [0.1, 0.15) is 0 Å². The van der Waals surface area contributed by atoms with E-state index in [1.54, 1.807) is 7.11 Å². The van der Waals surface area contributed by atoms with Gasteiger partial charge in [-0.2, -0.15) is 0 Å². The number of hydrogen-bond acceptors (Lipinski definition) is 2. The number of rotatable bonds is 3. The van der Waals surface area contributed by atoms with Crippen LogP contribution >= 0.6 is 0 Å². The molecule has 92 valence electrons. The minimum absolute atomic E-state index is 0.311. The number of methoxy groups -OCH3 is 1. The van der Waals surface area contributed by atoms with Crippen molar-refractivity contribution in [2.24, 2.45) is 29.1 Å². The quantitative estimate of drug-likeness (QED) is 0.747. The predicted octanol–water partition coefficient (Wildman–Crippen LogP) is 2.80. The highest BCUT2D eigenvalue weighted by molar-refractivity contribution is 5.03. The molecular weight excluding hydrogens is 200 g/mol. The first-order chi connectivity index (χ1) is 7.63. The summed E-state index contributed by atoms with van der Waals surface area (Å²) in [4.78, 5) is 0. The second-order valence-corrected chi connectivity index (χ2v) is 6.69. The number of aliphatic hydroxyl groups excluding tert-OH is 1. The van der Waals surface area contributed by atoms with Crippen LogP contribution in [0.3, 0.4) is 0 Å². The molecule has 0 aromatic carbocycles. The van der Waals surface area contributed by atoms with Gasteiger partial charge in [-0.1, -0.05) is 6.92 Å². The monoisotopic (exact) mass is 224 g/mol. The molecule has 0 saturated heterocycles. The van der Waals surface area contributed by atoms with Crippen LogP contribution in [0.5, 0.6) is 0 Å². The Morgan fingerprint density at radius 3 is 1.88 bits per heavy atom. The molecule has 0 aliphatic heterocycles. The second kappa shape index (κ2) is 3.71. The molecule has 2 atom stereocenters. The summed E-state index contributed by atoms with van der Waals surface area (Å²) in [7, 11) is 1.63. The molecule has 1 unspecified atom stereocenters. The lowest BCUT2D eigenvalue weighted by molar-refractivity contribution is -0.181. The van der Waals surface area contributed by atoms with Crippen molar-refractivity contribution in [1.82, 2.24) is 0 Å². The summed E-state index contributed by atoms with van der Waals surface area (Å²) < 4.78 is 5.16. The van der Waals surface area contributed by atoms with Crippen LogP contribution in [0.15, 0.2) is 0 Å². The molecule has 4 saturated carbocycles. The van der Waals surface area contributed by atoms with Crippen LogP contribution in [0.2, 0.25) is 0 Å². The first-order valence-electron chi connectivity index (χ1n) is 6.84. The van der Waals surface area contributed by atoms with Gasteiger partial charge in [-0.25, -0.2) is 0 Å². The molecule has 0 spiro atoms. The fourth-order valence-electron chi connectivity index (χ4n) is 5.24. The van der Waals surface area contributed by atoms with Crippen LogP contribution in [0, 0.1) is 29.1 Å². The highest BCUT2D eigenvalue weighted by Gasteiger charge is 2.54. The first-order valence-corrected chi connectivity index (χ1v) is 6.84. The van der Waals surface area contributed by atoms with Gasteiger partial charge in [0.05, 0.1) is 0 Å². The Balaban J connectivity index is 1.82. The summed E-state index contributed by atoms with van der Waals surface area (Å²) in [6.45, 7) is 2.20. The van der Waals surface area contributed by atoms with Gasteiger partial charge in [0.25, 0.3) is 0 Å². The van der Waals surface area contributed by atoms with E-state index in [1.165, 1.54) is 38.5 Å². The first kappa shape index (κ1) is 11.0. The molecule has 4 rings (SSSR count). The average Bonchev–Trinajstić information content (AvgIpc) is 2.25. The number of hydrogen-bond donors (Lipinski definition) is 1. The molecule has 16 heavy (non-hydrogen) atoms. The predicted molar refractivity (Wildman–Crippen MR) is 62.8 cm³/mol. The molecule has 4 fully saturated rings. The summed E-state index contributed by atoms with van der Waals surface area (Å²) in [6.07, 6.45) is 7.89. The summed E-state index contributed by atoms with van der Waals surface area (Å²) in [6, 6.07) is 0. The number of aliphatic hydroxyl groups is 1. The Morgan fingerprint density at radius 2 is 1.50 bits per heavy atom. The largest absolute Gasteiger partial charge is 0.368 e. The van der Waals surface area contributed by atoms with E-state index < -0.39 is 6.29 Å². The number of ether oxygens (including phenoxy) is 1. The van der Waals surface area contributed by atoms with Crippen LogP contribution in [0.4, 0.5) is 0 Å². The lowest BCUT2D eigenvalue weighted by atomic mass is 9.46. The van der Waals surface area contributed by atoms with E-state index in [1.807, 2.05) is 0 Å². The molecule has 2 heteroatoms. The Morgan fingerprint density at radius 1 is 1.06 bits per heavy atom. The highest BCUT2D eigenvalue weighted by Crippen LogP contribution is 2.63. The van der Waals surface area contributed by atoms with Gasteiger partial charge in [0.15, 0.2) is 6.29 Å². The van der Waals surface area contributed by atoms with Gasteiger partial charge < -0.3 is 9.84 Å². The van der Waals surface area contributed by atoms with E-state index in [-0.39, 0.29) is 0 Å². The molecule has 0 heterocycles. The summed E-state index contributed by atoms with van der Waals surface area (Å²) in [5, 5.41) is 9.96. The van der Waals surface area contributed by atoms with Gasteiger partial charge in [-0.05, 0) is 61.7 Å². The van der Waals surface area contributed by atoms with E-state index >= 15 is 0 Å². The van der Waals surface area contributed by atoms with E-state index in [4.69, 9.17) is 4.74 Å². The van der Waals surface area contributed by atoms with Gasteiger partial charge >= 0.3 is 0 Å². The minimum Gasteiger partial charge on any atom is -0.368 e. The Hall–Kier alpha value is -0.0800. The third-order valence-electron chi connectivity index (χ3n) is 5.72. The average molecular weight is 224 g/mol. The molecule has 2 nitrogen and oxygen atoms in total. The van der Waals surface area contributed by atoms with Gasteiger partial charge in [-0.15, -0.1) is 0 Å². The molecule has 4 aliphatic carbocycles. The third kappa shape index (κ3) is 1.53. The Bertz CT molecular complexity index is 239. The normalized spacial score (nSPS) is 49.3. The fraction of sp³-hybridized carbons (Fsp3) is 1.00. The molecule has 0 amide bonds. The van der Waals surface area contributed by atoms with Crippen molar-refractivity contribution in [1.29, 1.82) is 0 Å². The summed E-state index contributed by atoms with van der Waals surface area (Å²) in [5.41, 5.74) is 0.407.